The third-order valence-corrected chi connectivity index (χ3v) is 7.66. The van der Waals surface area contributed by atoms with Gasteiger partial charge in [-0.05, 0) is 73.6 Å². The van der Waals surface area contributed by atoms with Crippen LogP contribution in [0.4, 0.5) is 11.5 Å². The summed E-state index contributed by atoms with van der Waals surface area (Å²) in [6.45, 7) is 7.80. The van der Waals surface area contributed by atoms with E-state index in [4.69, 9.17) is 4.74 Å². The maximum atomic E-state index is 13.1. The number of fused-ring (bicyclic) bond motifs is 1. The minimum Gasteiger partial charge on any atom is -0.456 e. The molecule has 2 aliphatic rings. The summed E-state index contributed by atoms with van der Waals surface area (Å²) in [7, 11) is 0. The summed E-state index contributed by atoms with van der Waals surface area (Å²) < 4.78 is 6.27. The molecule has 206 valence electrons. The number of anilines is 2. The van der Waals surface area contributed by atoms with Gasteiger partial charge in [-0.2, -0.15) is 5.10 Å². The minimum absolute atomic E-state index is 0.104. The van der Waals surface area contributed by atoms with E-state index >= 15 is 0 Å². The number of rotatable bonds is 8. The van der Waals surface area contributed by atoms with Crippen LogP contribution in [0.15, 0.2) is 54.7 Å². The Bertz CT molecular complexity index is 1570. The van der Waals surface area contributed by atoms with Crippen LogP contribution >= 0.6 is 0 Å². The van der Waals surface area contributed by atoms with Gasteiger partial charge in [-0.25, -0.2) is 4.98 Å². The van der Waals surface area contributed by atoms with Gasteiger partial charge in [-0.15, -0.1) is 0 Å². The molecule has 6 rings (SSSR count). The molecule has 4 aromatic rings. The number of pyridine rings is 1. The predicted molar refractivity (Wildman–Crippen MR) is 155 cm³/mol. The lowest BCUT2D eigenvalue weighted by Crippen LogP contribution is -2.32. The third kappa shape index (κ3) is 5.36. The molecule has 1 unspecified atom stereocenters. The number of likely N-dealkylation sites (tertiary alicyclic amines) is 1. The largest absolute Gasteiger partial charge is 0.456 e. The number of nitrogens with one attached hydrogen (secondary N) is 3. The maximum absolute atomic E-state index is 13.1. The van der Waals surface area contributed by atoms with Gasteiger partial charge in [-0.3, -0.25) is 14.7 Å². The molecule has 2 aromatic carbocycles. The lowest BCUT2D eigenvalue weighted by Gasteiger charge is -2.17. The summed E-state index contributed by atoms with van der Waals surface area (Å²) in [4.78, 5) is 31.9. The fourth-order valence-electron chi connectivity index (χ4n) is 5.40. The smallest absolute Gasteiger partial charge is 0.255 e. The first-order chi connectivity index (χ1) is 19.4. The molecule has 1 atom stereocenters. The number of nitrogens with zero attached hydrogens (tertiary/aromatic N) is 3. The van der Waals surface area contributed by atoms with E-state index in [9.17, 15) is 9.59 Å². The number of benzene rings is 2. The normalized spacial score (nSPS) is 16.9. The number of amides is 2. The van der Waals surface area contributed by atoms with Gasteiger partial charge in [0.25, 0.3) is 5.91 Å². The monoisotopic (exact) mass is 538 g/mol. The van der Waals surface area contributed by atoms with Crippen molar-refractivity contribution in [3.8, 4) is 11.5 Å². The van der Waals surface area contributed by atoms with E-state index in [0.717, 1.165) is 42.4 Å². The molecular weight excluding hydrogens is 504 g/mol. The molecule has 1 saturated carbocycles. The number of ether oxygens (including phenoxy) is 1. The van der Waals surface area contributed by atoms with Crippen molar-refractivity contribution in [1.29, 1.82) is 0 Å². The van der Waals surface area contributed by atoms with Crippen LogP contribution in [0.3, 0.4) is 0 Å². The van der Waals surface area contributed by atoms with Gasteiger partial charge in [0, 0.05) is 48.6 Å². The molecule has 0 bridgehead atoms. The fraction of sp³-hybridized carbons (Fsp3) is 0.355. The third-order valence-electron chi connectivity index (χ3n) is 7.66. The molecule has 1 saturated heterocycles. The number of hydrogen-bond donors (Lipinski definition) is 3. The van der Waals surface area contributed by atoms with E-state index in [2.05, 4.69) is 52.7 Å². The highest BCUT2D eigenvalue weighted by Gasteiger charge is 2.36. The van der Waals surface area contributed by atoms with E-state index in [1.807, 2.05) is 23.1 Å². The molecular formula is C31H34N6O3. The second kappa shape index (κ2) is 10.6. The molecule has 2 aromatic heterocycles. The zero-order chi connectivity index (χ0) is 27.8. The van der Waals surface area contributed by atoms with Crippen LogP contribution in [0.2, 0.25) is 0 Å². The average molecular weight is 539 g/mol. The standard InChI is InChI=1S/C31H34N6O3/c1-18(2)25-10-9-22(15-19(25)3)34-30(38)21-5-4-6-24(16-21)40-26-11-13-32-28-27(26)29(36-35-28)33-23-12-14-37(17-23)31(39)20-7-8-20/h4-6,9-11,13,15-16,18,20,23H,7-8,12,14,17H2,1-3H3,(H,34,38)(H2,32,33,35,36). The Morgan fingerprint density at radius 2 is 1.95 bits per heavy atom. The van der Waals surface area contributed by atoms with E-state index < -0.39 is 0 Å². The van der Waals surface area contributed by atoms with Crippen molar-refractivity contribution in [2.24, 2.45) is 5.92 Å². The summed E-state index contributed by atoms with van der Waals surface area (Å²) in [5, 5.41) is 14.6. The van der Waals surface area contributed by atoms with Gasteiger partial charge in [0.05, 0.1) is 0 Å². The minimum atomic E-state index is -0.209. The van der Waals surface area contributed by atoms with Crippen molar-refractivity contribution >= 4 is 34.4 Å². The quantitative estimate of drug-likeness (QED) is 0.259. The summed E-state index contributed by atoms with van der Waals surface area (Å²) in [6, 6.07) is 15.0. The van der Waals surface area contributed by atoms with E-state index in [0.29, 0.717) is 41.0 Å². The predicted octanol–water partition coefficient (Wildman–Crippen LogP) is 5.86. The Balaban J connectivity index is 1.17. The lowest BCUT2D eigenvalue weighted by molar-refractivity contribution is -0.131. The molecule has 40 heavy (non-hydrogen) atoms. The number of aryl methyl sites for hydroxylation is 1. The number of carbonyl (C=O) groups excluding carboxylic acids is 2. The van der Waals surface area contributed by atoms with Crippen molar-refractivity contribution in [1.82, 2.24) is 20.1 Å². The summed E-state index contributed by atoms with van der Waals surface area (Å²) in [5.41, 5.74) is 4.26. The number of carbonyl (C=O) groups is 2. The van der Waals surface area contributed by atoms with Crippen LogP contribution in [0.1, 0.15) is 60.5 Å². The molecule has 2 fully saturated rings. The highest BCUT2D eigenvalue weighted by atomic mass is 16.5. The van der Waals surface area contributed by atoms with Crippen LogP contribution in [-0.4, -0.2) is 51.0 Å². The summed E-state index contributed by atoms with van der Waals surface area (Å²) in [6.07, 6.45) is 4.54. The molecule has 1 aliphatic heterocycles. The molecule has 0 spiro atoms. The van der Waals surface area contributed by atoms with Gasteiger partial charge < -0.3 is 20.3 Å². The van der Waals surface area contributed by atoms with Crippen LogP contribution in [0.25, 0.3) is 11.0 Å². The highest BCUT2D eigenvalue weighted by molar-refractivity contribution is 6.04. The van der Waals surface area contributed by atoms with Gasteiger partial charge in [0.15, 0.2) is 11.5 Å². The lowest BCUT2D eigenvalue weighted by atomic mass is 9.97. The zero-order valence-corrected chi connectivity index (χ0v) is 23.0. The SMILES string of the molecule is Cc1cc(NC(=O)c2cccc(Oc3ccnc4[nH]nc(NC5CCN(C(=O)C6CC6)C5)c34)c2)ccc1C(C)C. The molecule has 1 aliphatic carbocycles. The van der Waals surface area contributed by atoms with E-state index in [1.165, 1.54) is 5.56 Å². The van der Waals surface area contributed by atoms with Crippen LogP contribution in [-0.2, 0) is 4.79 Å². The molecule has 9 nitrogen and oxygen atoms in total. The molecule has 3 N–H and O–H groups in total. The highest BCUT2D eigenvalue weighted by Crippen LogP contribution is 2.35. The number of hydrogen-bond acceptors (Lipinski definition) is 6. The number of aromatic amines is 1. The van der Waals surface area contributed by atoms with Crippen LogP contribution in [0, 0.1) is 12.8 Å². The summed E-state index contributed by atoms with van der Waals surface area (Å²) in [5.74, 6) is 2.45. The Kier molecular flexibility index (Phi) is 6.88. The van der Waals surface area contributed by atoms with E-state index in [-0.39, 0.29) is 23.8 Å². The first-order valence-electron chi connectivity index (χ1n) is 13.9. The van der Waals surface area contributed by atoms with Gasteiger partial charge in [0.2, 0.25) is 5.91 Å². The van der Waals surface area contributed by atoms with Gasteiger partial charge in [-0.1, -0.05) is 26.0 Å². The van der Waals surface area contributed by atoms with Gasteiger partial charge >= 0.3 is 0 Å². The Hall–Kier alpha value is -4.40. The van der Waals surface area contributed by atoms with Crippen molar-refractivity contribution in [2.45, 2.75) is 52.0 Å². The maximum Gasteiger partial charge on any atom is 0.255 e. The van der Waals surface area contributed by atoms with E-state index in [1.54, 1.807) is 30.5 Å². The zero-order valence-electron chi connectivity index (χ0n) is 23.0. The fourth-order valence-corrected chi connectivity index (χ4v) is 5.40. The summed E-state index contributed by atoms with van der Waals surface area (Å²) >= 11 is 0. The second-order valence-electron chi connectivity index (χ2n) is 11.1. The molecule has 2 amide bonds. The van der Waals surface area contributed by atoms with Crippen molar-refractivity contribution < 1.29 is 14.3 Å². The van der Waals surface area contributed by atoms with Crippen LogP contribution < -0.4 is 15.4 Å². The Labute approximate surface area is 233 Å². The second-order valence-corrected chi connectivity index (χ2v) is 11.1. The number of H-pyrrole nitrogens is 1. The Morgan fingerprint density at radius 1 is 1.10 bits per heavy atom. The van der Waals surface area contributed by atoms with Gasteiger partial charge in [0.1, 0.15) is 16.9 Å². The molecule has 3 heterocycles. The average Bonchev–Trinajstić information content (AvgIpc) is 3.55. The molecule has 9 heteroatoms. The number of aromatic nitrogens is 3. The first kappa shape index (κ1) is 25.9. The molecule has 0 radical (unpaired) electrons. The Morgan fingerprint density at radius 3 is 2.73 bits per heavy atom. The van der Waals surface area contributed by atoms with Crippen LogP contribution in [0.5, 0.6) is 11.5 Å². The first-order valence-corrected chi connectivity index (χ1v) is 13.9. The van der Waals surface area contributed by atoms with Crippen molar-refractivity contribution in [3.63, 3.8) is 0 Å². The van der Waals surface area contributed by atoms with Crippen molar-refractivity contribution in [3.05, 3.63) is 71.4 Å². The topological polar surface area (TPSA) is 112 Å². The van der Waals surface area contributed by atoms with Crippen molar-refractivity contribution in [2.75, 3.05) is 23.7 Å².